The molecule has 0 aliphatic heterocycles. The summed E-state index contributed by atoms with van der Waals surface area (Å²) in [6, 6.07) is 28.4. The van der Waals surface area contributed by atoms with E-state index in [1.807, 2.05) is 48.5 Å². The second-order valence-corrected chi connectivity index (χ2v) is 11.1. The summed E-state index contributed by atoms with van der Waals surface area (Å²) in [6.07, 6.45) is 0. The Bertz CT molecular complexity index is 1290. The molecule has 0 N–H and O–H groups in total. The van der Waals surface area contributed by atoms with E-state index in [2.05, 4.69) is 36.4 Å². The lowest BCUT2D eigenvalue weighted by atomic mass is 9.93. The number of hydrogen-bond donors (Lipinski definition) is 0. The summed E-state index contributed by atoms with van der Waals surface area (Å²) in [4.78, 5) is 0. The van der Waals surface area contributed by atoms with Crippen LogP contribution in [-0.2, 0) is 0 Å². The second-order valence-electron chi connectivity index (χ2n) is 7.65. The molecule has 5 rings (SSSR count). The van der Waals surface area contributed by atoms with Crippen LogP contribution in [0.25, 0.3) is 43.8 Å². The fourth-order valence-electron chi connectivity index (χ4n) is 4.12. The number of benzene rings is 4. The van der Waals surface area contributed by atoms with Crippen LogP contribution in [0.5, 0.6) is 0 Å². The van der Waals surface area contributed by atoms with Crippen molar-refractivity contribution < 1.29 is 8.52 Å². The summed E-state index contributed by atoms with van der Waals surface area (Å²) >= 11 is 0. The third kappa shape index (κ3) is 2.62. The van der Waals surface area contributed by atoms with Gasteiger partial charge in [0, 0.05) is 17.7 Å². The third-order valence-electron chi connectivity index (χ3n) is 5.35. The van der Waals surface area contributed by atoms with Crippen molar-refractivity contribution in [3.05, 3.63) is 84.9 Å². The standard InChI is InChI=1S/C25H20FOSi/c1-28(2,26)23-16-8-10-17-9-7-13-20(24(17)23)25-18-11-3-5-14-21(18)27-22-15-6-4-12-19(22)25/h3-16H,1-2H3/q+1. The van der Waals surface area contributed by atoms with Gasteiger partial charge in [-0.1, -0.05) is 60.7 Å². The molecule has 1 aromatic heterocycles. The number of hydrogen-bond acceptors (Lipinski definition) is 0. The van der Waals surface area contributed by atoms with Gasteiger partial charge >= 0.3 is 11.2 Å². The Morgan fingerprint density at radius 3 is 1.86 bits per heavy atom. The molecule has 28 heavy (non-hydrogen) atoms. The van der Waals surface area contributed by atoms with E-state index >= 15 is 4.11 Å². The highest BCUT2D eigenvalue weighted by molar-refractivity contribution is 6.86. The Kier molecular flexibility index (Phi) is 3.81. The molecule has 0 bridgehead atoms. The van der Waals surface area contributed by atoms with Crippen LogP contribution >= 0.6 is 0 Å². The second kappa shape index (κ2) is 6.25. The molecule has 0 radical (unpaired) electrons. The molecule has 3 heteroatoms. The van der Waals surface area contributed by atoms with Crippen molar-refractivity contribution in [1.82, 2.24) is 0 Å². The fourth-order valence-corrected chi connectivity index (χ4v) is 5.49. The lowest BCUT2D eigenvalue weighted by molar-refractivity contribution is 0.661. The summed E-state index contributed by atoms with van der Waals surface area (Å²) in [5, 5.41) is 5.02. The van der Waals surface area contributed by atoms with Gasteiger partial charge in [0.05, 0.1) is 10.8 Å². The van der Waals surface area contributed by atoms with Crippen molar-refractivity contribution in [2.24, 2.45) is 0 Å². The van der Waals surface area contributed by atoms with E-state index in [4.69, 9.17) is 4.42 Å². The number of para-hydroxylation sites is 2. The smallest absolute Gasteiger partial charge is 0.308 e. The Hall–Kier alpha value is -3.04. The lowest BCUT2D eigenvalue weighted by Gasteiger charge is -2.18. The van der Waals surface area contributed by atoms with Crippen LogP contribution in [0.1, 0.15) is 0 Å². The predicted octanol–water partition coefficient (Wildman–Crippen LogP) is 7.07. The van der Waals surface area contributed by atoms with Crippen LogP contribution in [0.2, 0.25) is 13.1 Å². The van der Waals surface area contributed by atoms with Gasteiger partial charge in [0.2, 0.25) is 0 Å². The number of halogens is 1. The number of fused-ring (bicyclic) bond motifs is 3. The SMILES string of the molecule is C[Si](C)(F)c1cccc2cccc(-c3c4ccccc4[o+]c4ccccc34)c12. The van der Waals surface area contributed by atoms with Crippen LogP contribution in [0.15, 0.2) is 89.3 Å². The van der Waals surface area contributed by atoms with Crippen LogP contribution < -0.4 is 5.19 Å². The number of rotatable bonds is 2. The first-order valence-electron chi connectivity index (χ1n) is 9.49. The molecular weight excluding hydrogens is 363 g/mol. The average molecular weight is 384 g/mol. The highest BCUT2D eigenvalue weighted by Gasteiger charge is 2.28. The molecule has 0 aliphatic rings. The zero-order chi connectivity index (χ0) is 19.3. The van der Waals surface area contributed by atoms with Crippen LogP contribution in [0, 0.1) is 0 Å². The predicted molar refractivity (Wildman–Crippen MR) is 119 cm³/mol. The van der Waals surface area contributed by atoms with Crippen LogP contribution in [0.4, 0.5) is 4.11 Å². The van der Waals surface area contributed by atoms with Crippen LogP contribution in [-0.4, -0.2) is 8.41 Å². The minimum absolute atomic E-state index is 0.836. The Labute approximate surface area is 164 Å². The summed E-state index contributed by atoms with van der Waals surface area (Å²) in [5.74, 6) is 0. The van der Waals surface area contributed by atoms with Crippen molar-refractivity contribution in [1.29, 1.82) is 0 Å². The quantitative estimate of drug-likeness (QED) is 0.137. The van der Waals surface area contributed by atoms with E-state index < -0.39 is 8.41 Å². The normalized spacial score (nSPS) is 12.1. The maximum Gasteiger partial charge on any atom is 0.361 e. The molecule has 0 saturated heterocycles. The minimum atomic E-state index is -3.02. The molecule has 0 unspecified atom stereocenters. The Balaban J connectivity index is 2.03. The van der Waals surface area contributed by atoms with Gasteiger partial charge in [-0.25, -0.2) is 4.42 Å². The summed E-state index contributed by atoms with van der Waals surface area (Å²) in [7, 11) is -3.02. The summed E-state index contributed by atoms with van der Waals surface area (Å²) in [5.41, 5.74) is 3.84. The molecule has 0 aliphatic carbocycles. The van der Waals surface area contributed by atoms with Gasteiger partial charge in [-0.3, -0.25) is 0 Å². The summed E-state index contributed by atoms with van der Waals surface area (Å²) in [6.45, 7) is 3.52. The van der Waals surface area contributed by atoms with Gasteiger partial charge in [-0.15, -0.1) is 0 Å². The molecule has 0 saturated carbocycles. The zero-order valence-corrected chi connectivity index (χ0v) is 16.9. The fraction of sp³-hybridized carbons (Fsp3) is 0.0800. The topological polar surface area (TPSA) is 11.3 Å². The minimum Gasteiger partial charge on any atom is -0.308 e. The largest absolute Gasteiger partial charge is 0.361 e. The molecule has 136 valence electrons. The maximum atomic E-state index is 15.3. The van der Waals surface area contributed by atoms with E-state index in [1.165, 1.54) is 0 Å². The highest BCUT2D eigenvalue weighted by atomic mass is 28.4. The lowest BCUT2D eigenvalue weighted by Crippen LogP contribution is -2.37. The van der Waals surface area contributed by atoms with E-state index in [-0.39, 0.29) is 0 Å². The molecule has 0 amide bonds. The van der Waals surface area contributed by atoms with Crippen molar-refractivity contribution in [2.45, 2.75) is 13.1 Å². The van der Waals surface area contributed by atoms with Gasteiger partial charge < -0.3 is 4.11 Å². The first kappa shape index (κ1) is 17.1. The molecule has 1 nitrogen and oxygen atoms in total. The van der Waals surface area contributed by atoms with E-state index in [1.54, 1.807) is 13.1 Å². The molecule has 4 aromatic carbocycles. The molecule has 0 spiro atoms. The average Bonchev–Trinajstić information content (AvgIpc) is 2.70. The van der Waals surface area contributed by atoms with E-state index in [0.29, 0.717) is 0 Å². The molecule has 0 fully saturated rings. The molecule has 5 aromatic rings. The van der Waals surface area contributed by atoms with Crippen molar-refractivity contribution in [3.63, 3.8) is 0 Å². The maximum absolute atomic E-state index is 15.3. The Morgan fingerprint density at radius 1 is 0.679 bits per heavy atom. The monoisotopic (exact) mass is 383 g/mol. The first-order chi connectivity index (χ1) is 13.5. The van der Waals surface area contributed by atoms with Gasteiger partial charge in [-0.2, -0.15) is 0 Å². The van der Waals surface area contributed by atoms with Gasteiger partial charge in [0.25, 0.3) is 8.41 Å². The molecular formula is C25H20FOSi+. The molecule has 1 heterocycles. The summed E-state index contributed by atoms with van der Waals surface area (Å²) < 4.78 is 21.4. The van der Waals surface area contributed by atoms with Gasteiger partial charge in [-0.05, 0) is 46.7 Å². The highest BCUT2D eigenvalue weighted by Crippen LogP contribution is 2.39. The van der Waals surface area contributed by atoms with E-state index in [9.17, 15) is 0 Å². The van der Waals surface area contributed by atoms with Crippen molar-refractivity contribution >= 4 is 46.3 Å². The third-order valence-corrected chi connectivity index (χ3v) is 7.04. The zero-order valence-electron chi connectivity index (χ0n) is 15.9. The van der Waals surface area contributed by atoms with Crippen molar-refractivity contribution in [2.75, 3.05) is 0 Å². The molecule has 0 atom stereocenters. The van der Waals surface area contributed by atoms with E-state index in [0.717, 1.165) is 49.0 Å². The van der Waals surface area contributed by atoms with Gasteiger partial charge in [0.1, 0.15) is 0 Å². The van der Waals surface area contributed by atoms with Crippen molar-refractivity contribution in [3.8, 4) is 11.1 Å². The van der Waals surface area contributed by atoms with Gasteiger partial charge in [0.15, 0.2) is 0 Å². The first-order valence-corrected chi connectivity index (χ1v) is 12.4. The Morgan fingerprint density at radius 2 is 1.25 bits per heavy atom. The van der Waals surface area contributed by atoms with Crippen LogP contribution in [0.3, 0.4) is 0 Å².